The predicted molar refractivity (Wildman–Crippen MR) is 208 cm³/mol. The van der Waals surface area contributed by atoms with Crippen LogP contribution in [0.2, 0.25) is 0 Å². The zero-order chi connectivity index (χ0) is 38.5. The number of hydrogen-bond acceptors (Lipinski definition) is 9. The lowest BCUT2D eigenvalue weighted by Crippen LogP contribution is -2.16. The van der Waals surface area contributed by atoms with Gasteiger partial charge in [0.2, 0.25) is 5.76 Å². The lowest BCUT2D eigenvalue weighted by molar-refractivity contribution is 0.0644. The molecule has 14 heteroatoms. The highest BCUT2D eigenvalue weighted by molar-refractivity contribution is 6.07. The number of alkyl halides is 2. The topological polar surface area (TPSA) is 241 Å². The van der Waals surface area contributed by atoms with Crippen molar-refractivity contribution < 1.29 is 27.9 Å². The number of carboxylic acids is 1. The summed E-state index contributed by atoms with van der Waals surface area (Å²) >= 11 is 0. The molecule has 2 aromatic heterocycles. The number of hydrogen-bond donors (Lipinski definition) is 8. The third-order valence-corrected chi connectivity index (χ3v) is 7.19. The molecule has 0 unspecified atom stereocenters. The van der Waals surface area contributed by atoms with E-state index < -0.39 is 23.9 Å². The molecule has 0 saturated carbocycles. The van der Waals surface area contributed by atoms with Crippen LogP contribution < -0.4 is 39.7 Å². The summed E-state index contributed by atoms with van der Waals surface area (Å²) < 4.78 is 29.7. The van der Waals surface area contributed by atoms with Crippen molar-refractivity contribution in [2.24, 2.45) is 0 Å². The van der Waals surface area contributed by atoms with Crippen LogP contribution in [-0.2, 0) is 0 Å². The molecular formula is C39H38F2N8O4. The van der Waals surface area contributed by atoms with Crippen LogP contribution in [0, 0.1) is 0 Å². The second kappa shape index (κ2) is 18.0. The van der Waals surface area contributed by atoms with Gasteiger partial charge in [0, 0.05) is 50.9 Å². The van der Waals surface area contributed by atoms with E-state index in [-0.39, 0.29) is 5.91 Å². The van der Waals surface area contributed by atoms with Gasteiger partial charge in [-0.25, -0.2) is 13.6 Å². The minimum Gasteiger partial charge on any atom is -0.475 e. The van der Waals surface area contributed by atoms with E-state index in [2.05, 4.69) is 9.73 Å². The van der Waals surface area contributed by atoms with E-state index in [4.69, 9.17) is 39.5 Å². The van der Waals surface area contributed by atoms with E-state index in [9.17, 15) is 18.4 Å². The van der Waals surface area contributed by atoms with E-state index in [1.54, 1.807) is 72.8 Å². The molecule has 0 fully saturated rings. The SMILES string of the molecule is Nc1ccc(N)cc1.Nc1ccc(N)cc1.Nc1ccc(NC(=O)c2cc3ccccc3n2-c2ccc(N)cc2)cc1.O=C(O)c1ccc(C(F)F)o1. The Labute approximate surface area is 303 Å². The van der Waals surface area contributed by atoms with Gasteiger partial charge in [0.1, 0.15) is 5.69 Å². The number of nitrogens with one attached hydrogen (secondary N) is 1. The van der Waals surface area contributed by atoms with Gasteiger partial charge in [0.25, 0.3) is 12.3 Å². The average molecular weight is 721 g/mol. The van der Waals surface area contributed by atoms with Crippen LogP contribution in [0.4, 0.5) is 48.6 Å². The minimum absolute atomic E-state index is 0.192. The van der Waals surface area contributed by atoms with Crippen LogP contribution in [0.15, 0.2) is 144 Å². The molecule has 0 radical (unpaired) electrons. The predicted octanol–water partition coefficient (Wildman–Crippen LogP) is 7.66. The molecule has 0 aliphatic carbocycles. The van der Waals surface area contributed by atoms with E-state index in [0.29, 0.717) is 22.8 Å². The van der Waals surface area contributed by atoms with E-state index >= 15 is 0 Å². The van der Waals surface area contributed by atoms with Crippen molar-refractivity contribution in [2.45, 2.75) is 6.43 Å². The number of para-hydroxylation sites is 1. The van der Waals surface area contributed by atoms with Gasteiger partial charge in [0.15, 0.2) is 5.76 Å². The number of furan rings is 1. The Hall–Kier alpha value is -7.48. The van der Waals surface area contributed by atoms with E-state index in [1.807, 2.05) is 59.2 Å². The van der Waals surface area contributed by atoms with Crippen molar-refractivity contribution in [2.75, 3.05) is 39.7 Å². The Morgan fingerprint density at radius 2 is 1.04 bits per heavy atom. The number of nitrogens with zero attached hydrogens (tertiary/aromatic N) is 1. The number of aromatic nitrogens is 1. The summed E-state index contributed by atoms with van der Waals surface area (Å²) in [5, 5.41) is 12.2. The first-order valence-electron chi connectivity index (χ1n) is 15.8. The first-order valence-corrected chi connectivity index (χ1v) is 15.8. The Bertz CT molecular complexity index is 2150. The number of fused-ring (bicyclic) bond motifs is 1. The van der Waals surface area contributed by atoms with Gasteiger partial charge in [-0.2, -0.15) is 0 Å². The molecule has 1 amide bonds. The van der Waals surface area contributed by atoms with Gasteiger partial charge in [-0.15, -0.1) is 0 Å². The second-order valence-electron chi connectivity index (χ2n) is 11.2. The van der Waals surface area contributed by atoms with Gasteiger partial charge < -0.3 is 53.8 Å². The third-order valence-electron chi connectivity index (χ3n) is 7.19. The van der Waals surface area contributed by atoms with Crippen molar-refractivity contribution in [3.63, 3.8) is 0 Å². The molecule has 0 aliphatic rings. The molecule has 272 valence electrons. The Balaban J connectivity index is 0.000000189. The summed E-state index contributed by atoms with van der Waals surface area (Å²) in [6, 6.07) is 40.4. The highest BCUT2D eigenvalue weighted by atomic mass is 19.3. The molecule has 0 spiro atoms. The van der Waals surface area contributed by atoms with E-state index in [1.165, 1.54) is 0 Å². The number of halogens is 2. The number of nitrogens with two attached hydrogens (primary N) is 6. The normalized spacial score (nSPS) is 10.2. The number of aromatic carboxylic acids is 1. The van der Waals surface area contributed by atoms with E-state index in [0.717, 1.165) is 51.5 Å². The first kappa shape index (κ1) is 38.3. The van der Waals surface area contributed by atoms with Crippen LogP contribution in [0.1, 0.15) is 33.2 Å². The number of nitrogen functional groups attached to an aromatic ring is 6. The number of anilines is 7. The molecule has 0 aliphatic heterocycles. The number of carboxylic acid groups (broad SMARTS) is 1. The summed E-state index contributed by atoms with van der Waals surface area (Å²) in [7, 11) is 0. The zero-order valence-electron chi connectivity index (χ0n) is 28.2. The molecule has 5 aromatic carbocycles. The molecule has 53 heavy (non-hydrogen) atoms. The fourth-order valence-corrected chi connectivity index (χ4v) is 4.56. The standard InChI is InChI=1S/C21H18N4O.C6H4F2O3.2C6H8N2/c22-15-5-9-17(10-6-15)24-21(26)20-13-14-3-1-2-4-19(14)25(20)18-11-7-16(23)8-12-18;7-5(8)3-1-2-4(11-3)6(9)10;2*7-5-1-2-6(8)4-3-5/h1-13H,22-23H2,(H,24,26);1-2,5H,(H,9,10);2*1-4H,7-8H2. The quantitative estimate of drug-likeness (QED) is 0.0807. The van der Waals surface area contributed by atoms with Gasteiger partial charge in [-0.05, 0) is 121 Å². The number of benzene rings is 5. The number of rotatable bonds is 5. The molecule has 7 rings (SSSR count). The fourth-order valence-electron chi connectivity index (χ4n) is 4.56. The van der Waals surface area contributed by atoms with Crippen LogP contribution in [0.25, 0.3) is 16.6 Å². The Kier molecular flexibility index (Phi) is 13.0. The summed E-state index contributed by atoms with van der Waals surface area (Å²) in [6.07, 6.45) is -2.76. The van der Waals surface area contributed by atoms with Crippen molar-refractivity contribution in [1.29, 1.82) is 0 Å². The van der Waals surface area contributed by atoms with Gasteiger partial charge in [-0.3, -0.25) is 4.79 Å². The van der Waals surface area contributed by atoms with Gasteiger partial charge in [-0.1, -0.05) is 18.2 Å². The number of carbonyl (C=O) groups is 2. The summed E-state index contributed by atoms with van der Waals surface area (Å²) in [4.78, 5) is 23.0. The maximum absolute atomic E-state index is 12.9. The highest BCUT2D eigenvalue weighted by Crippen LogP contribution is 2.26. The summed E-state index contributed by atoms with van der Waals surface area (Å²) in [5.74, 6) is -2.64. The smallest absolute Gasteiger partial charge is 0.371 e. The third kappa shape index (κ3) is 11.3. The largest absolute Gasteiger partial charge is 0.475 e. The molecule has 0 saturated heterocycles. The van der Waals surface area contributed by atoms with Gasteiger partial charge >= 0.3 is 5.97 Å². The van der Waals surface area contributed by atoms with Crippen LogP contribution >= 0.6 is 0 Å². The van der Waals surface area contributed by atoms with Gasteiger partial charge in [0.05, 0.1) is 5.52 Å². The van der Waals surface area contributed by atoms with Crippen molar-refractivity contribution in [3.05, 3.63) is 157 Å². The molecular weight excluding hydrogens is 682 g/mol. The maximum atomic E-state index is 12.9. The second-order valence-corrected chi connectivity index (χ2v) is 11.2. The summed E-state index contributed by atoms with van der Waals surface area (Å²) in [5.41, 5.74) is 40.4. The number of carbonyl (C=O) groups excluding carboxylic acids is 1. The minimum atomic E-state index is -2.76. The van der Waals surface area contributed by atoms with Crippen molar-refractivity contribution in [1.82, 2.24) is 4.57 Å². The molecule has 2 heterocycles. The number of amides is 1. The molecule has 12 nitrogen and oxygen atoms in total. The van der Waals surface area contributed by atoms with Crippen molar-refractivity contribution >= 4 is 62.6 Å². The maximum Gasteiger partial charge on any atom is 0.371 e. The van der Waals surface area contributed by atoms with Crippen LogP contribution in [0.3, 0.4) is 0 Å². The average Bonchev–Trinajstić information content (AvgIpc) is 3.80. The fraction of sp³-hybridized carbons (Fsp3) is 0.0256. The zero-order valence-corrected chi connectivity index (χ0v) is 28.2. The highest BCUT2D eigenvalue weighted by Gasteiger charge is 2.17. The lowest BCUT2D eigenvalue weighted by atomic mass is 10.2. The van der Waals surface area contributed by atoms with Crippen molar-refractivity contribution in [3.8, 4) is 5.69 Å². The molecule has 14 N–H and O–H groups in total. The molecule has 0 bridgehead atoms. The van der Waals surface area contributed by atoms with Crippen LogP contribution in [-0.4, -0.2) is 21.6 Å². The summed E-state index contributed by atoms with van der Waals surface area (Å²) in [6.45, 7) is 0. The first-order chi connectivity index (χ1) is 25.3. The Morgan fingerprint density at radius 3 is 1.45 bits per heavy atom. The molecule has 0 atom stereocenters. The lowest BCUT2D eigenvalue weighted by Gasteiger charge is -2.12. The Morgan fingerprint density at radius 1 is 0.604 bits per heavy atom. The van der Waals surface area contributed by atoms with Crippen LogP contribution in [0.5, 0.6) is 0 Å². The molecule has 7 aromatic rings. The monoisotopic (exact) mass is 720 g/mol.